The Kier molecular flexibility index (Phi) is 4.63. The SMILES string of the molecule is CCCCCSc1nc(N)nc2c1ncn2C=C1CC1CO. The van der Waals surface area contributed by atoms with Crippen LogP contribution in [-0.2, 0) is 0 Å². The van der Waals surface area contributed by atoms with E-state index >= 15 is 0 Å². The number of imidazole rings is 1. The van der Waals surface area contributed by atoms with Crippen LogP contribution in [-0.4, -0.2) is 37.0 Å². The molecule has 1 fully saturated rings. The van der Waals surface area contributed by atoms with E-state index < -0.39 is 0 Å². The summed E-state index contributed by atoms with van der Waals surface area (Å²) < 4.78 is 1.88. The van der Waals surface area contributed by atoms with Crippen molar-refractivity contribution in [1.82, 2.24) is 19.5 Å². The largest absolute Gasteiger partial charge is 0.396 e. The highest BCUT2D eigenvalue weighted by atomic mass is 32.2. The molecule has 0 saturated heterocycles. The lowest BCUT2D eigenvalue weighted by Crippen LogP contribution is -1.99. The summed E-state index contributed by atoms with van der Waals surface area (Å²) in [4.78, 5) is 13.1. The van der Waals surface area contributed by atoms with Crippen LogP contribution in [0.2, 0.25) is 0 Å². The number of aliphatic hydroxyl groups is 1. The molecule has 0 spiro atoms. The fraction of sp³-hybridized carbons (Fsp3) is 0.533. The highest BCUT2D eigenvalue weighted by Crippen LogP contribution is 2.38. The van der Waals surface area contributed by atoms with Gasteiger partial charge in [0, 0.05) is 18.7 Å². The number of anilines is 1. The zero-order valence-electron chi connectivity index (χ0n) is 12.7. The van der Waals surface area contributed by atoms with Gasteiger partial charge in [-0.1, -0.05) is 19.8 Å². The molecule has 1 aliphatic rings. The molecule has 1 aliphatic carbocycles. The summed E-state index contributed by atoms with van der Waals surface area (Å²) in [5, 5.41) is 9.98. The third-order valence-corrected chi connectivity index (χ3v) is 4.82. The van der Waals surface area contributed by atoms with Gasteiger partial charge in [-0.2, -0.15) is 4.98 Å². The third-order valence-electron chi connectivity index (χ3n) is 3.77. The number of fused-ring (bicyclic) bond motifs is 1. The molecule has 0 aromatic carbocycles. The molecular formula is C15H21N5OS. The Morgan fingerprint density at radius 2 is 2.32 bits per heavy atom. The number of aliphatic hydroxyl groups excluding tert-OH is 1. The minimum atomic E-state index is 0.202. The normalized spacial score (nSPS) is 19.2. The van der Waals surface area contributed by atoms with Gasteiger partial charge in [0.15, 0.2) is 5.65 Å². The molecule has 1 unspecified atom stereocenters. The van der Waals surface area contributed by atoms with E-state index in [-0.39, 0.29) is 12.6 Å². The molecule has 6 nitrogen and oxygen atoms in total. The zero-order valence-corrected chi connectivity index (χ0v) is 13.5. The monoisotopic (exact) mass is 319 g/mol. The van der Waals surface area contributed by atoms with E-state index in [4.69, 9.17) is 10.8 Å². The van der Waals surface area contributed by atoms with Gasteiger partial charge in [-0.15, -0.1) is 11.8 Å². The first-order valence-corrected chi connectivity index (χ1v) is 8.65. The molecule has 2 aromatic heterocycles. The standard InChI is InChI=1S/C15H21N5OS/c1-2-3-4-5-22-14-12-13(18-15(16)19-14)20(9-17-12)7-10-6-11(10)8-21/h7,9,11,21H,2-6,8H2,1H3,(H2,16,18,19). The second-order valence-corrected chi connectivity index (χ2v) is 6.64. The number of rotatable bonds is 7. The van der Waals surface area contributed by atoms with Crippen molar-refractivity contribution in [3.8, 4) is 0 Å². The van der Waals surface area contributed by atoms with E-state index in [2.05, 4.69) is 21.9 Å². The topological polar surface area (TPSA) is 89.9 Å². The number of thioether (sulfide) groups is 1. The average molecular weight is 319 g/mol. The van der Waals surface area contributed by atoms with Crippen molar-refractivity contribution in [1.29, 1.82) is 0 Å². The maximum Gasteiger partial charge on any atom is 0.223 e. The maximum atomic E-state index is 9.13. The first-order valence-electron chi connectivity index (χ1n) is 7.67. The van der Waals surface area contributed by atoms with E-state index in [1.54, 1.807) is 18.1 Å². The van der Waals surface area contributed by atoms with Crippen molar-refractivity contribution in [3.63, 3.8) is 0 Å². The minimum absolute atomic E-state index is 0.202. The van der Waals surface area contributed by atoms with E-state index in [1.165, 1.54) is 18.4 Å². The molecule has 0 bridgehead atoms. The van der Waals surface area contributed by atoms with Crippen molar-refractivity contribution in [2.45, 2.75) is 37.6 Å². The second-order valence-electron chi connectivity index (χ2n) is 5.55. The first kappa shape index (κ1) is 15.3. The summed E-state index contributed by atoms with van der Waals surface area (Å²) in [6.07, 6.45) is 8.27. The smallest absolute Gasteiger partial charge is 0.223 e. The fourth-order valence-corrected chi connectivity index (χ4v) is 3.35. The van der Waals surface area contributed by atoms with Gasteiger partial charge in [0.1, 0.15) is 16.9 Å². The van der Waals surface area contributed by atoms with Crippen LogP contribution >= 0.6 is 11.8 Å². The number of nitrogen functional groups attached to an aromatic ring is 1. The average Bonchev–Trinajstić information content (AvgIpc) is 3.15. The van der Waals surface area contributed by atoms with E-state index in [9.17, 15) is 0 Å². The van der Waals surface area contributed by atoms with Crippen molar-refractivity contribution < 1.29 is 5.11 Å². The van der Waals surface area contributed by atoms with Crippen LogP contribution in [0.4, 0.5) is 5.95 Å². The van der Waals surface area contributed by atoms with Gasteiger partial charge < -0.3 is 10.8 Å². The Morgan fingerprint density at radius 3 is 3.05 bits per heavy atom. The summed E-state index contributed by atoms with van der Waals surface area (Å²) >= 11 is 1.69. The minimum Gasteiger partial charge on any atom is -0.396 e. The molecule has 1 saturated carbocycles. The van der Waals surface area contributed by atoms with E-state index in [0.717, 1.165) is 34.8 Å². The van der Waals surface area contributed by atoms with Crippen LogP contribution in [0.25, 0.3) is 17.4 Å². The van der Waals surface area contributed by atoms with Crippen LogP contribution in [0.15, 0.2) is 16.9 Å². The lowest BCUT2D eigenvalue weighted by atomic mass is 10.3. The molecule has 118 valence electrons. The number of hydrogen-bond donors (Lipinski definition) is 2. The van der Waals surface area contributed by atoms with Gasteiger partial charge >= 0.3 is 0 Å². The molecule has 3 rings (SSSR count). The van der Waals surface area contributed by atoms with Crippen molar-refractivity contribution in [2.24, 2.45) is 5.92 Å². The summed E-state index contributed by atoms with van der Waals surface area (Å²) in [6, 6.07) is 0. The lowest BCUT2D eigenvalue weighted by molar-refractivity contribution is 0.281. The molecule has 2 heterocycles. The van der Waals surface area contributed by atoms with Crippen molar-refractivity contribution in [2.75, 3.05) is 18.1 Å². The molecule has 0 aliphatic heterocycles. The molecule has 7 heteroatoms. The third kappa shape index (κ3) is 3.25. The van der Waals surface area contributed by atoms with E-state index in [1.807, 2.05) is 10.8 Å². The second kappa shape index (κ2) is 6.66. The van der Waals surface area contributed by atoms with Crippen molar-refractivity contribution >= 4 is 35.1 Å². The molecule has 22 heavy (non-hydrogen) atoms. The van der Waals surface area contributed by atoms with Crippen LogP contribution in [0.1, 0.15) is 32.6 Å². The molecule has 0 amide bonds. The number of nitrogens with zero attached hydrogens (tertiary/aromatic N) is 4. The Morgan fingerprint density at radius 1 is 1.45 bits per heavy atom. The highest BCUT2D eigenvalue weighted by Gasteiger charge is 2.29. The number of hydrogen-bond acceptors (Lipinski definition) is 6. The molecule has 0 radical (unpaired) electrons. The number of aromatic nitrogens is 4. The predicted octanol–water partition coefficient (Wildman–Crippen LogP) is 2.54. The maximum absolute atomic E-state index is 9.13. The van der Waals surface area contributed by atoms with Gasteiger partial charge in [-0.05, 0) is 24.2 Å². The number of unbranched alkanes of at least 4 members (excludes halogenated alkanes) is 2. The fourth-order valence-electron chi connectivity index (χ4n) is 2.37. The van der Waals surface area contributed by atoms with Gasteiger partial charge in [-0.3, -0.25) is 4.57 Å². The Hall–Kier alpha value is -1.60. The molecular weight excluding hydrogens is 298 g/mol. The predicted molar refractivity (Wildman–Crippen MR) is 89.5 cm³/mol. The molecule has 3 N–H and O–H groups in total. The Bertz CT molecular complexity index is 697. The highest BCUT2D eigenvalue weighted by molar-refractivity contribution is 7.99. The quantitative estimate of drug-likeness (QED) is 0.463. The number of nitrogens with two attached hydrogens (primary N) is 1. The summed E-state index contributed by atoms with van der Waals surface area (Å²) in [7, 11) is 0. The summed E-state index contributed by atoms with van der Waals surface area (Å²) in [5.41, 5.74) is 8.60. The Balaban J connectivity index is 1.85. The van der Waals surface area contributed by atoms with Crippen LogP contribution in [0, 0.1) is 5.92 Å². The first-order chi connectivity index (χ1) is 10.7. The van der Waals surface area contributed by atoms with Crippen LogP contribution < -0.4 is 5.73 Å². The lowest BCUT2D eigenvalue weighted by Gasteiger charge is -2.03. The molecule has 1 atom stereocenters. The molecule has 2 aromatic rings. The zero-order chi connectivity index (χ0) is 15.5. The van der Waals surface area contributed by atoms with E-state index in [0.29, 0.717) is 5.92 Å². The Labute approximate surface area is 133 Å². The van der Waals surface area contributed by atoms with Gasteiger partial charge in [-0.25, -0.2) is 9.97 Å². The summed E-state index contributed by atoms with van der Waals surface area (Å²) in [6.45, 7) is 2.40. The van der Waals surface area contributed by atoms with Crippen LogP contribution in [0.5, 0.6) is 0 Å². The summed E-state index contributed by atoms with van der Waals surface area (Å²) in [5.74, 6) is 1.58. The van der Waals surface area contributed by atoms with Gasteiger partial charge in [0.25, 0.3) is 0 Å². The van der Waals surface area contributed by atoms with Crippen LogP contribution in [0.3, 0.4) is 0 Å². The van der Waals surface area contributed by atoms with Gasteiger partial charge in [0.05, 0.1) is 0 Å². The van der Waals surface area contributed by atoms with Gasteiger partial charge in [0.2, 0.25) is 5.95 Å². The van der Waals surface area contributed by atoms with Crippen molar-refractivity contribution in [3.05, 3.63) is 11.9 Å².